The standard InChI is InChI=1S/C13H15N5O3/c1-15-12(20)7-18-6-9(5-16-18)17-13(21)8-2-3-10(14)11(19)4-8/h2-6,19H,7,14H2,1H3,(H,15,20)(H,17,21). The van der Waals surface area contributed by atoms with Gasteiger partial charge in [0.05, 0.1) is 17.6 Å². The fourth-order valence-electron chi connectivity index (χ4n) is 1.63. The van der Waals surface area contributed by atoms with E-state index in [2.05, 4.69) is 15.7 Å². The number of nitrogens with two attached hydrogens (primary N) is 1. The molecule has 21 heavy (non-hydrogen) atoms. The highest BCUT2D eigenvalue weighted by molar-refractivity contribution is 6.04. The first-order chi connectivity index (χ1) is 9.99. The normalized spacial score (nSPS) is 10.1. The molecule has 110 valence electrons. The maximum absolute atomic E-state index is 12.0. The monoisotopic (exact) mass is 289 g/mol. The molecule has 0 radical (unpaired) electrons. The van der Waals surface area contributed by atoms with E-state index in [-0.39, 0.29) is 29.5 Å². The van der Waals surface area contributed by atoms with Crippen LogP contribution in [0.1, 0.15) is 10.4 Å². The van der Waals surface area contributed by atoms with Gasteiger partial charge in [0.2, 0.25) is 5.91 Å². The van der Waals surface area contributed by atoms with Crippen LogP contribution < -0.4 is 16.4 Å². The van der Waals surface area contributed by atoms with Gasteiger partial charge in [-0.3, -0.25) is 14.3 Å². The lowest BCUT2D eigenvalue weighted by atomic mass is 10.2. The molecule has 0 bridgehead atoms. The molecule has 8 heteroatoms. The lowest BCUT2D eigenvalue weighted by Crippen LogP contribution is -2.23. The van der Waals surface area contributed by atoms with Crippen LogP contribution in [-0.2, 0) is 11.3 Å². The first-order valence-corrected chi connectivity index (χ1v) is 6.12. The fourth-order valence-corrected chi connectivity index (χ4v) is 1.63. The minimum Gasteiger partial charge on any atom is -0.506 e. The summed E-state index contributed by atoms with van der Waals surface area (Å²) in [7, 11) is 1.53. The van der Waals surface area contributed by atoms with Gasteiger partial charge in [-0.15, -0.1) is 0 Å². The molecule has 5 N–H and O–H groups in total. The quantitative estimate of drug-likeness (QED) is 0.472. The number of likely N-dealkylation sites (N-methyl/N-ethyl adjacent to an activating group) is 1. The minimum absolute atomic E-state index is 0.0645. The lowest BCUT2D eigenvalue weighted by Gasteiger charge is -2.04. The van der Waals surface area contributed by atoms with Gasteiger partial charge >= 0.3 is 0 Å². The van der Waals surface area contributed by atoms with E-state index in [0.717, 1.165) is 0 Å². The third-order valence-corrected chi connectivity index (χ3v) is 2.77. The summed E-state index contributed by atoms with van der Waals surface area (Å²) in [6.45, 7) is 0.0645. The van der Waals surface area contributed by atoms with Crippen molar-refractivity contribution in [2.45, 2.75) is 6.54 Å². The van der Waals surface area contributed by atoms with E-state index in [0.29, 0.717) is 5.69 Å². The number of hydrogen-bond acceptors (Lipinski definition) is 5. The number of carbonyl (C=O) groups is 2. The molecule has 0 aliphatic rings. The molecule has 2 aromatic rings. The molecule has 1 aromatic heterocycles. The van der Waals surface area contributed by atoms with Crippen molar-refractivity contribution < 1.29 is 14.7 Å². The predicted molar refractivity (Wildman–Crippen MR) is 76.8 cm³/mol. The third-order valence-electron chi connectivity index (χ3n) is 2.77. The zero-order valence-electron chi connectivity index (χ0n) is 11.3. The Kier molecular flexibility index (Phi) is 4.07. The first kappa shape index (κ1) is 14.4. The Balaban J connectivity index is 2.05. The number of nitrogen functional groups attached to an aromatic ring is 1. The van der Waals surface area contributed by atoms with E-state index in [1.54, 1.807) is 0 Å². The summed E-state index contributed by atoms with van der Waals surface area (Å²) in [5, 5.41) is 18.5. The summed E-state index contributed by atoms with van der Waals surface area (Å²) < 4.78 is 1.40. The second kappa shape index (κ2) is 5.95. The van der Waals surface area contributed by atoms with E-state index in [9.17, 15) is 14.7 Å². The lowest BCUT2D eigenvalue weighted by molar-refractivity contribution is -0.121. The Bertz CT molecular complexity index is 680. The van der Waals surface area contributed by atoms with Crippen molar-refractivity contribution in [1.29, 1.82) is 0 Å². The van der Waals surface area contributed by atoms with Gasteiger partial charge in [0.15, 0.2) is 0 Å². The van der Waals surface area contributed by atoms with Crippen LogP contribution in [0.3, 0.4) is 0 Å². The number of phenolic OH excluding ortho intramolecular Hbond substituents is 1. The van der Waals surface area contributed by atoms with Crippen molar-refractivity contribution in [3.05, 3.63) is 36.2 Å². The Morgan fingerprint density at radius 2 is 2.19 bits per heavy atom. The van der Waals surface area contributed by atoms with Gasteiger partial charge in [-0.05, 0) is 18.2 Å². The van der Waals surface area contributed by atoms with Gasteiger partial charge in [0.1, 0.15) is 12.3 Å². The van der Waals surface area contributed by atoms with Gasteiger partial charge in [-0.1, -0.05) is 0 Å². The zero-order valence-corrected chi connectivity index (χ0v) is 11.3. The summed E-state index contributed by atoms with van der Waals surface area (Å²) in [4.78, 5) is 23.2. The van der Waals surface area contributed by atoms with Crippen molar-refractivity contribution in [3.8, 4) is 5.75 Å². The average molecular weight is 289 g/mol. The number of anilines is 2. The van der Waals surface area contributed by atoms with Crippen LogP contribution in [0.2, 0.25) is 0 Å². The molecule has 1 aromatic carbocycles. The van der Waals surface area contributed by atoms with Crippen LogP contribution in [0.15, 0.2) is 30.6 Å². The van der Waals surface area contributed by atoms with Crippen LogP contribution in [0.4, 0.5) is 11.4 Å². The molecule has 0 fully saturated rings. The van der Waals surface area contributed by atoms with Gasteiger partial charge < -0.3 is 21.5 Å². The largest absolute Gasteiger partial charge is 0.506 e. The molecule has 2 amide bonds. The highest BCUT2D eigenvalue weighted by Gasteiger charge is 2.10. The summed E-state index contributed by atoms with van der Waals surface area (Å²) >= 11 is 0. The molecule has 0 atom stereocenters. The third kappa shape index (κ3) is 3.50. The van der Waals surface area contributed by atoms with Crippen LogP contribution in [0.5, 0.6) is 5.75 Å². The summed E-state index contributed by atoms with van der Waals surface area (Å²) in [5.41, 5.74) is 6.38. The number of nitrogens with one attached hydrogen (secondary N) is 2. The number of rotatable bonds is 4. The number of carbonyl (C=O) groups excluding carboxylic acids is 2. The number of amides is 2. The topological polar surface area (TPSA) is 122 Å². The number of phenols is 1. The highest BCUT2D eigenvalue weighted by atomic mass is 16.3. The number of aromatic hydroxyl groups is 1. The average Bonchev–Trinajstić information content (AvgIpc) is 2.88. The number of nitrogens with zero attached hydrogens (tertiary/aromatic N) is 2. The number of aromatic nitrogens is 2. The SMILES string of the molecule is CNC(=O)Cn1cc(NC(=O)c2ccc(N)c(O)c2)cn1. The second-order valence-electron chi connectivity index (χ2n) is 4.33. The van der Waals surface area contributed by atoms with E-state index in [1.807, 2.05) is 0 Å². The van der Waals surface area contributed by atoms with Crippen LogP contribution in [0, 0.1) is 0 Å². The maximum Gasteiger partial charge on any atom is 0.255 e. The molecular formula is C13H15N5O3. The zero-order chi connectivity index (χ0) is 15.4. The second-order valence-corrected chi connectivity index (χ2v) is 4.33. The maximum atomic E-state index is 12.0. The fraction of sp³-hybridized carbons (Fsp3) is 0.154. The Morgan fingerprint density at radius 3 is 2.86 bits per heavy atom. The van der Waals surface area contributed by atoms with Gasteiger partial charge in [-0.25, -0.2) is 0 Å². The van der Waals surface area contributed by atoms with Crippen molar-refractivity contribution >= 4 is 23.2 Å². The Labute approximate surface area is 120 Å². The summed E-state index contributed by atoms with van der Waals surface area (Å²) in [5.74, 6) is -0.762. The van der Waals surface area contributed by atoms with Crippen molar-refractivity contribution in [2.24, 2.45) is 0 Å². The van der Waals surface area contributed by atoms with Crippen molar-refractivity contribution in [2.75, 3.05) is 18.1 Å². The van der Waals surface area contributed by atoms with Gasteiger partial charge in [-0.2, -0.15) is 5.10 Å². The number of benzene rings is 1. The summed E-state index contributed by atoms with van der Waals surface area (Å²) in [6.07, 6.45) is 2.96. The van der Waals surface area contributed by atoms with E-state index < -0.39 is 5.91 Å². The van der Waals surface area contributed by atoms with Crippen molar-refractivity contribution in [3.63, 3.8) is 0 Å². The van der Waals surface area contributed by atoms with E-state index >= 15 is 0 Å². The molecule has 0 saturated heterocycles. The Morgan fingerprint density at radius 1 is 1.43 bits per heavy atom. The molecule has 2 rings (SSSR count). The van der Waals surface area contributed by atoms with Crippen LogP contribution in [-0.4, -0.2) is 33.7 Å². The van der Waals surface area contributed by atoms with Crippen molar-refractivity contribution in [1.82, 2.24) is 15.1 Å². The molecule has 1 heterocycles. The van der Waals surface area contributed by atoms with Gasteiger partial charge in [0, 0.05) is 18.8 Å². The Hall–Kier alpha value is -3.03. The molecule has 0 unspecified atom stereocenters. The van der Waals surface area contributed by atoms with E-state index in [1.165, 1.54) is 42.3 Å². The molecule has 0 saturated carbocycles. The number of hydrogen-bond donors (Lipinski definition) is 4. The first-order valence-electron chi connectivity index (χ1n) is 6.12. The van der Waals surface area contributed by atoms with E-state index in [4.69, 9.17) is 5.73 Å². The van der Waals surface area contributed by atoms with Gasteiger partial charge in [0.25, 0.3) is 5.91 Å². The predicted octanol–water partition coefficient (Wildman–Crippen LogP) is 0.169. The molecule has 0 aliphatic carbocycles. The molecule has 8 nitrogen and oxygen atoms in total. The molecule has 0 spiro atoms. The van der Waals surface area contributed by atoms with Crippen LogP contribution in [0.25, 0.3) is 0 Å². The smallest absolute Gasteiger partial charge is 0.255 e. The summed E-state index contributed by atoms with van der Waals surface area (Å²) in [6, 6.07) is 4.22. The minimum atomic E-state index is -0.412. The van der Waals surface area contributed by atoms with Crippen LogP contribution >= 0.6 is 0 Å². The molecule has 0 aliphatic heterocycles. The molecular weight excluding hydrogens is 274 g/mol. The highest BCUT2D eigenvalue weighted by Crippen LogP contribution is 2.21.